The lowest BCUT2D eigenvalue weighted by Crippen LogP contribution is -2.16. The van der Waals surface area contributed by atoms with Crippen molar-refractivity contribution in [2.45, 2.75) is 9.79 Å². The molecule has 3 N–H and O–H groups in total. The maximum Gasteiger partial charge on any atom is 0.261 e. The van der Waals surface area contributed by atoms with Crippen LogP contribution in [0.4, 0.5) is 5.69 Å². The van der Waals surface area contributed by atoms with E-state index in [-0.39, 0.29) is 21.2 Å². The largest absolute Gasteiger partial charge is 0.495 e. The summed E-state index contributed by atoms with van der Waals surface area (Å²) in [5.74, 6) is 0.00104. The zero-order valence-electron chi connectivity index (χ0n) is 13.8. The van der Waals surface area contributed by atoms with Crippen LogP contribution in [0.15, 0.2) is 58.6 Å². The molecule has 0 unspecified atom stereocenters. The van der Waals surface area contributed by atoms with Crippen molar-refractivity contribution in [3.8, 4) is 11.4 Å². The minimum Gasteiger partial charge on any atom is -0.495 e. The summed E-state index contributed by atoms with van der Waals surface area (Å²) in [4.78, 5) is -0.406. The SMILES string of the molecule is COc1ccc(NS(=O)(=O)c2cccc(-n3cnnn3)c2)cc1S(N)(=O)=O. The second-order valence-electron chi connectivity index (χ2n) is 5.27. The smallest absolute Gasteiger partial charge is 0.261 e. The van der Waals surface area contributed by atoms with E-state index in [2.05, 4.69) is 20.2 Å². The third kappa shape index (κ3) is 4.05. The molecular weight excluding hydrogens is 396 g/mol. The highest BCUT2D eigenvalue weighted by molar-refractivity contribution is 7.92. The lowest BCUT2D eigenvalue weighted by atomic mass is 10.3. The lowest BCUT2D eigenvalue weighted by molar-refractivity contribution is 0.403. The highest BCUT2D eigenvalue weighted by Crippen LogP contribution is 2.27. The van der Waals surface area contributed by atoms with Crippen molar-refractivity contribution < 1.29 is 21.6 Å². The van der Waals surface area contributed by atoms with Crippen molar-refractivity contribution in [1.29, 1.82) is 0 Å². The molecule has 0 radical (unpaired) electrons. The Morgan fingerprint density at radius 3 is 2.52 bits per heavy atom. The number of ether oxygens (including phenoxy) is 1. The van der Waals surface area contributed by atoms with Gasteiger partial charge >= 0.3 is 0 Å². The molecule has 0 bridgehead atoms. The van der Waals surface area contributed by atoms with E-state index in [1.807, 2.05) is 0 Å². The second kappa shape index (κ2) is 6.94. The number of nitrogens with two attached hydrogens (primary N) is 1. The van der Waals surface area contributed by atoms with Gasteiger partial charge in [-0.25, -0.2) is 26.7 Å². The molecule has 3 rings (SSSR count). The van der Waals surface area contributed by atoms with Gasteiger partial charge in [-0.3, -0.25) is 4.72 Å². The minimum atomic E-state index is -4.11. The quantitative estimate of drug-likeness (QED) is 0.579. The van der Waals surface area contributed by atoms with Gasteiger partial charge in [0.25, 0.3) is 10.0 Å². The summed E-state index contributed by atoms with van der Waals surface area (Å²) in [6.07, 6.45) is 1.32. The Balaban J connectivity index is 1.97. The molecule has 11 nitrogen and oxygen atoms in total. The molecule has 0 aliphatic rings. The highest BCUT2D eigenvalue weighted by atomic mass is 32.2. The number of primary sulfonamides is 1. The normalized spacial score (nSPS) is 11.9. The third-order valence-corrected chi connectivity index (χ3v) is 5.77. The van der Waals surface area contributed by atoms with Crippen LogP contribution in [0.25, 0.3) is 5.69 Å². The van der Waals surface area contributed by atoms with E-state index in [0.717, 1.165) is 6.07 Å². The summed E-state index contributed by atoms with van der Waals surface area (Å²) in [6.45, 7) is 0. The van der Waals surface area contributed by atoms with Crippen LogP contribution >= 0.6 is 0 Å². The average Bonchev–Trinajstić information content (AvgIpc) is 3.15. The molecule has 0 saturated carbocycles. The van der Waals surface area contributed by atoms with Crippen molar-refractivity contribution in [1.82, 2.24) is 20.2 Å². The fourth-order valence-electron chi connectivity index (χ4n) is 2.25. The second-order valence-corrected chi connectivity index (χ2v) is 8.48. The van der Waals surface area contributed by atoms with Crippen LogP contribution in [0, 0.1) is 0 Å². The van der Waals surface area contributed by atoms with Crippen molar-refractivity contribution in [3.63, 3.8) is 0 Å². The molecule has 0 amide bonds. The fraction of sp³-hybridized carbons (Fsp3) is 0.0714. The minimum absolute atomic E-state index is 0.00104. The van der Waals surface area contributed by atoms with Crippen molar-refractivity contribution in [2.24, 2.45) is 5.14 Å². The number of benzene rings is 2. The van der Waals surface area contributed by atoms with E-state index >= 15 is 0 Å². The van der Waals surface area contributed by atoms with Gasteiger partial charge in [0.15, 0.2) is 0 Å². The Labute approximate surface area is 154 Å². The highest BCUT2D eigenvalue weighted by Gasteiger charge is 2.19. The Hall–Kier alpha value is -3.03. The summed E-state index contributed by atoms with van der Waals surface area (Å²) in [5.41, 5.74) is 0.440. The van der Waals surface area contributed by atoms with Gasteiger partial charge in [0, 0.05) is 0 Å². The Bertz CT molecular complexity index is 1180. The topological polar surface area (TPSA) is 159 Å². The molecular formula is C14H14N6O5S2. The van der Waals surface area contributed by atoms with E-state index < -0.39 is 20.0 Å². The number of nitrogens with zero attached hydrogens (tertiary/aromatic N) is 4. The first kappa shape index (κ1) is 18.8. The molecule has 1 aromatic heterocycles. The van der Waals surface area contributed by atoms with Gasteiger partial charge in [-0.05, 0) is 46.8 Å². The van der Waals surface area contributed by atoms with Gasteiger partial charge in [0.05, 0.1) is 23.4 Å². The van der Waals surface area contributed by atoms with E-state index in [4.69, 9.17) is 9.88 Å². The summed E-state index contributed by atoms with van der Waals surface area (Å²) in [6, 6.07) is 9.63. The van der Waals surface area contributed by atoms with E-state index in [1.165, 1.54) is 48.5 Å². The van der Waals surface area contributed by atoms with Crippen LogP contribution in [0.1, 0.15) is 0 Å². The Morgan fingerprint density at radius 2 is 1.89 bits per heavy atom. The van der Waals surface area contributed by atoms with Gasteiger partial charge in [-0.15, -0.1) is 5.10 Å². The maximum absolute atomic E-state index is 12.7. The third-order valence-electron chi connectivity index (χ3n) is 3.46. The summed E-state index contributed by atoms with van der Waals surface area (Å²) in [7, 11) is -6.85. The standard InChI is InChI=1S/C14H14N6O5S2/c1-25-13-6-5-10(7-14(13)26(15,21)22)17-27(23,24)12-4-2-3-11(8-12)20-9-16-18-19-20/h2-9,17H,1H3,(H2,15,21,22). The fourth-order valence-corrected chi connectivity index (χ4v) is 4.06. The van der Waals surface area contributed by atoms with Gasteiger partial charge in [-0.2, -0.15) is 0 Å². The van der Waals surface area contributed by atoms with Gasteiger partial charge in [0.1, 0.15) is 17.0 Å². The molecule has 1 heterocycles. The molecule has 2 aromatic carbocycles. The van der Waals surface area contributed by atoms with Crippen molar-refractivity contribution in [2.75, 3.05) is 11.8 Å². The Morgan fingerprint density at radius 1 is 1.11 bits per heavy atom. The number of hydrogen-bond acceptors (Lipinski definition) is 8. The number of anilines is 1. The molecule has 0 aliphatic heterocycles. The molecule has 3 aromatic rings. The van der Waals surface area contributed by atoms with Crippen LogP contribution < -0.4 is 14.6 Å². The molecule has 27 heavy (non-hydrogen) atoms. The lowest BCUT2D eigenvalue weighted by Gasteiger charge is -2.12. The molecule has 0 atom stereocenters. The predicted octanol–water partition coefficient (Wildman–Crippen LogP) is 0.119. The van der Waals surface area contributed by atoms with Gasteiger partial charge in [0.2, 0.25) is 10.0 Å². The zero-order chi connectivity index (χ0) is 19.7. The first-order chi connectivity index (χ1) is 12.7. The van der Waals surface area contributed by atoms with Crippen LogP contribution in [-0.2, 0) is 20.0 Å². The maximum atomic E-state index is 12.7. The number of nitrogens with one attached hydrogen (secondary N) is 1. The zero-order valence-corrected chi connectivity index (χ0v) is 15.5. The van der Waals surface area contributed by atoms with Crippen molar-refractivity contribution in [3.05, 3.63) is 48.8 Å². The van der Waals surface area contributed by atoms with Crippen LogP contribution in [0.2, 0.25) is 0 Å². The number of sulfonamides is 2. The number of rotatable bonds is 6. The monoisotopic (exact) mass is 410 g/mol. The number of tetrazole rings is 1. The summed E-state index contributed by atoms with van der Waals surface area (Å²) < 4.78 is 57.2. The predicted molar refractivity (Wildman–Crippen MR) is 94.3 cm³/mol. The molecule has 0 aliphatic carbocycles. The van der Waals surface area contributed by atoms with Gasteiger partial charge < -0.3 is 4.74 Å². The van der Waals surface area contributed by atoms with Crippen molar-refractivity contribution >= 4 is 25.7 Å². The molecule has 142 valence electrons. The van der Waals surface area contributed by atoms with Crippen LogP contribution in [-0.4, -0.2) is 44.2 Å². The van der Waals surface area contributed by atoms with E-state index in [9.17, 15) is 16.8 Å². The molecule has 0 saturated heterocycles. The van der Waals surface area contributed by atoms with E-state index in [1.54, 1.807) is 6.07 Å². The summed E-state index contributed by atoms with van der Waals surface area (Å²) >= 11 is 0. The summed E-state index contributed by atoms with van der Waals surface area (Å²) in [5, 5.41) is 15.8. The first-order valence-corrected chi connectivity index (χ1v) is 10.3. The number of aromatic nitrogens is 4. The number of hydrogen-bond donors (Lipinski definition) is 2. The molecule has 13 heteroatoms. The van der Waals surface area contributed by atoms with Crippen LogP contribution in [0.5, 0.6) is 5.75 Å². The molecule has 0 fully saturated rings. The average molecular weight is 410 g/mol. The van der Waals surface area contributed by atoms with Gasteiger partial charge in [-0.1, -0.05) is 6.07 Å². The first-order valence-electron chi connectivity index (χ1n) is 7.28. The number of methoxy groups -OCH3 is 1. The van der Waals surface area contributed by atoms with E-state index in [0.29, 0.717) is 5.69 Å². The Kier molecular flexibility index (Phi) is 4.82. The van der Waals surface area contributed by atoms with Crippen LogP contribution in [0.3, 0.4) is 0 Å². The molecule has 0 spiro atoms.